The van der Waals surface area contributed by atoms with Crippen molar-refractivity contribution < 1.29 is 5.11 Å². The fourth-order valence-electron chi connectivity index (χ4n) is 1.51. The SMILES string of the molecule is NCCCc1nncc(-c2cccc(O)c2)n1. The molecular formula is C12H14N4O. The molecule has 2 aromatic rings. The van der Waals surface area contributed by atoms with Crippen molar-refractivity contribution in [3.63, 3.8) is 0 Å². The predicted molar refractivity (Wildman–Crippen MR) is 64.3 cm³/mol. The van der Waals surface area contributed by atoms with Crippen LogP contribution in [0, 0.1) is 0 Å². The van der Waals surface area contributed by atoms with Gasteiger partial charge in [0.1, 0.15) is 5.75 Å². The fraction of sp³-hybridized carbons (Fsp3) is 0.250. The number of rotatable bonds is 4. The summed E-state index contributed by atoms with van der Waals surface area (Å²) in [5, 5.41) is 17.3. The van der Waals surface area contributed by atoms with Gasteiger partial charge in [-0.25, -0.2) is 4.98 Å². The summed E-state index contributed by atoms with van der Waals surface area (Å²) in [6, 6.07) is 6.91. The Morgan fingerprint density at radius 3 is 2.94 bits per heavy atom. The quantitative estimate of drug-likeness (QED) is 0.822. The normalized spacial score (nSPS) is 10.4. The molecule has 0 spiro atoms. The van der Waals surface area contributed by atoms with E-state index in [-0.39, 0.29) is 5.75 Å². The van der Waals surface area contributed by atoms with E-state index in [0.29, 0.717) is 18.1 Å². The molecule has 0 atom stereocenters. The first-order valence-corrected chi connectivity index (χ1v) is 5.47. The largest absolute Gasteiger partial charge is 0.508 e. The minimum Gasteiger partial charge on any atom is -0.508 e. The number of hydrogen-bond donors (Lipinski definition) is 2. The highest BCUT2D eigenvalue weighted by molar-refractivity contribution is 5.59. The lowest BCUT2D eigenvalue weighted by molar-refractivity contribution is 0.475. The number of benzene rings is 1. The Morgan fingerprint density at radius 2 is 2.18 bits per heavy atom. The van der Waals surface area contributed by atoms with Crippen molar-refractivity contribution in [1.82, 2.24) is 15.2 Å². The van der Waals surface area contributed by atoms with Crippen LogP contribution in [0.5, 0.6) is 5.75 Å². The Kier molecular flexibility index (Phi) is 3.62. The summed E-state index contributed by atoms with van der Waals surface area (Å²) in [5.74, 6) is 0.890. The van der Waals surface area contributed by atoms with Crippen molar-refractivity contribution in [2.45, 2.75) is 12.8 Å². The second-order valence-corrected chi connectivity index (χ2v) is 3.70. The summed E-state index contributed by atoms with van der Waals surface area (Å²) in [7, 11) is 0. The molecule has 0 amide bonds. The molecule has 3 N–H and O–H groups in total. The van der Waals surface area contributed by atoms with Crippen molar-refractivity contribution in [1.29, 1.82) is 0 Å². The molecule has 1 aromatic carbocycles. The Bertz CT molecular complexity index is 501. The number of phenolic OH excluding ortho intramolecular Hbond substituents is 1. The average Bonchev–Trinajstić information content (AvgIpc) is 2.37. The molecule has 2 rings (SSSR count). The summed E-state index contributed by atoms with van der Waals surface area (Å²) in [6.07, 6.45) is 3.14. The lowest BCUT2D eigenvalue weighted by Crippen LogP contribution is -2.04. The number of phenols is 1. The smallest absolute Gasteiger partial charge is 0.151 e. The number of aryl methyl sites for hydroxylation is 1. The van der Waals surface area contributed by atoms with Crippen molar-refractivity contribution >= 4 is 0 Å². The van der Waals surface area contributed by atoms with E-state index in [1.807, 2.05) is 6.07 Å². The fourth-order valence-corrected chi connectivity index (χ4v) is 1.51. The molecule has 1 heterocycles. The van der Waals surface area contributed by atoms with Crippen LogP contribution in [0.25, 0.3) is 11.3 Å². The monoisotopic (exact) mass is 230 g/mol. The van der Waals surface area contributed by atoms with E-state index in [0.717, 1.165) is 18.4 Å². The van der Waals surface area contributed by atoms with E-state index in [9.17, 15) is 5.11 Å². The lowest BCUT2D eigenvalue weighted by Gasteiger charge is -2.03. The van der Waals surface area contributed by atoms with Gasteiger partial charge in [0.2, 0.25) is 0 Å². The van der Waals surface area contributed by atoms with E-state index in [1.165, 1.54) is 0 Å². The molecule has 1 aromatic heterocycles. The molecule has 0 radical (unpaired) electrons. The Morgan fingerprint density at radius 1 is 1.29 bits per heavy atom. The second kappa shape index (κ2) is 5.36. The molecule has 0 bridgehead atoms. The zero-order valence-corrected chi connectivity index (χ0v) is 9.37. The molecule has 5 nitrogen and oxygen atoms in total. The van der Waals surface area contributed by atoms with E-state index in [1.54, 1.807) is 24.4 Å². The van der Waals surface area contributed by atoms with Crippen molar-refractivity contribution in [2.24, 2.45) is 5.73 Å². The predicted octanol–water partition coefficient (Wildman–Crippen LogP) is 1.14. The topological polar surface area (TPSA) is 84.9 Å². The number of nitrogens with zero attached hydrogens (tertiary/aromatic N) is 3. The van der Waals surface area contributed by atoms with Crippen LogP contribution in [0.2, 0.25) is 0 Å². The zero-order chi connectivity index (χ0) is 12.1. The van der Waals surface area contributed by atoms with Crippen molar-refractivity contribution in [2.75, 3.05) is 6.54 Å². The van der Waals surface area contributed by atoms with Gasteiger partial charge in [-0.3, -0.25) is 0 Å². The molecule has 17 heavy (non-hydrogen) atoms. The number of aromatic nitrogens is 3. The zero-order valence-electron chi connectivity index (χ0n) is 9.37. The van der Waals surface area contributed by atoms with Gasteiger partial charge < -0.3 is 10.8 Å². The summed E-state index contributed by atoms with van der Waals surface area (Å²) < 4.78 is 0. The van der Waals surface area contributed by atoms with Crippen LogP contribution in [-0.2, 0) is 6.42 Å². The Hall–Kier alpha value is -2.01. The summed E-state index contributed by atoms with van der Waals surface area (Å²) in [4.78, 5) is 4.38. The second-order valence-electron chi connectivity index (χ2n) is 3.70. The van der Waals surface area contributed by atoms with Gasteiger partial charge in [-0.05, 0) is 25.1 Å². The van der Waals surface area contributed by atoms with Gasteiger partial charge >= 0.3 is 0 Å². The Labute approximate surface area is 99.3 Å². The van der Waals surface area contributed by atoms with Gasteiger partial charge in [-0.1, -0.05) is 12.1 Å². The molecule has 0 aliphatic carbocycles. The van der Waals surface area contributed by atoms with E-state index in [4.69, 9.17) is 5.73 Å². The van der Waals surface area contributed by atoms with Crippen LogP contribution >= 0.6 is 0 Å². The summed E-state index contributed by atoms with van der Waals surface area (Å²) >= 11 is 0. The first kappa shape index (κ1) is 11.5. The minimum absolute atomic E-state index is 0.213. The number of aromatic hydroxyl groups is 1. The van der Waals surface area contributed by atoms with E-state index in [2.05, 4.69) is 15.2 Å². The van der Waals surface area contributed by atoms with E-state index >= 15 is 0 Å². The third kappa shape index (κ3) is 2.98. The summed E-state index contributed by atoms with van der Waals surface area (Å²) in [5.41, 5.74) is 6.98. The average molecular weight is 230 g/mol. The van der Waals surface area contributed by atoms with E-state index < -0.39 is 0 Å². The maximum Gasteiger partial charge on any atom is 0.151 e. The maximum absolute atomic E-state index is 9.40. The van der Waals surface area contributed by atoms with Gasteiger partial charge in [-0.15, -0.1) is 5.10 Å². The third-order valence-corrected chi connectivity index (χ3v) is 2.35. The van der Waals surface area contributed by atoms with Crippen molar-refractivity contribution in [3.05, 3.63) is 36.3 Å². The molecule has 0 aliphatic heterocycles. The standard InChI is InChI=1S/C12H14N4O/c13-6-2-5-12-15-11(8-14-16-12)9-3-1-4-10(17)7-9/h1,3-4,7-8,17H,2,5-6,13H2. The van der Waals surface area contributed by atoms with Gasteiger partial charge in [0.05, 0.1) is 11.9 Å². The number of nitrogens with two attached hydrogens (primary N) is 1. The highest BCUT2D eigenvalue weighted by Crippen LogP contribution is 2.20. The highest BCUT2D eigenvalue weighted by Gasteiger charge is 2.03. The van der Waals surface area contributed by atoms with Crippen LogP contribution in [0.1, 0.15) is 12.2 Å². The first-order valence-electron chi connectivity index (χ1n) is 5.47. The molecule has 5 heteroatoms. The van der Waals surface area contributed by atoms with Gasteiger partial charge in [-0.2, -0.15) is 5.10 Å². The van der Waals surface area contributed by atoms with Crippen LogP contribution < -0.4 is 5.73 Å². The molecule has 0 saturated carbocycles. The Balaban J connectivity index is 2.26. The van der Waals surface area contributed by atoms with Crippen LogP contribution in [0.4, 0.5) is 0 Å². The lowest BCUT2D eigenvalue weighted by atomic mass is 10.1. The molecule has 0 aliphatic rings. The summed E-state index contributed by atoms with van der Waals surface area (Å²) in [6.45, 7) is 0.611. The van der Waals surface area contributed by atoms with Gasteiger partial charge in [0.15, 0.2) is 5.82 Å². The first-order chi connectivity index (χ1) is 8.29. The maximum atomic E-state index is 9.40. The molecule has 88 valence electrons. The van der Waals surface area contributed by atoms with Crippen LogP contribution in [0.15, 0.2) is 30.5 Å². The van der Waals surface area contributed by atoms with Gasteiger partial charge in [0.25, 0.3) is 0 Å². The minimum atomic E-state index is 0.213. The molecule has 0 fully saturated rings. The van der Waals surface area contributed by atoms with Crippen molar-refractivity contribution in [3.8, 4) is 17.0 Å². The van der Waals surface area contributed by atoms with Crippen LogP contribution in [0.3, 0.4) is 0 Å². The van der Waals surface area contributed by atoms with Gasteiger partial charge in [0, 0.05) is 12.0 Å². The molecule has 0 saturated heterocycles. The molecule has 0 unspecified atom stereocenters. The molecular weight excluding hydrogens is 216 g/mol. The number of hydrogen-bond acceptors (Lipinski definition) is 5. The third-order valence-electron chi connectivity index (χ3n) is 2.35. The van der Waals surface area contributed by atoms with Crippen LogP contribution in [-0.4, -0.2) is 26.8 Å². The highest BCUT2D eigenvalue weighted by atomic mass is 16.3.